The molecule has 7 nitrogen and oxygen atoms in total. The van der Waals surface area contributed by atoms with E-state index in [1.165, 1.54) is 0 Å². The second kappa shape index (κ2) is 8.08. The van der Waals surface area contributed by atoms with Crippen molar-refractivity contribution < 1.29 is 4.79 Å². The van der Waals surface area contributed by atoms with Crippen LogP contribution in [0.15, 0.2) is 10.9 Å². The Balaban J connectivity index is 1.34. The van der Waals surface area contributed by atoms with Gasteiger partial charge >= 0.3 is 0 Å². The highest BCUT2D eigenvalue weighted by Gasteiger charge is 2.42. The summed E-state index contributed by atoms with van der Waals surface area (Å²) in [7, 11) is 0. The normalized spacial score (nSPS) is 24.7. The van der Waals surface area contributed by atoms with Crippen molar-refractivity contribution in [1.82, 2.24) is 24.4 Å². The van der Waals surface area contributed by atoms with Crippen LogP contribution in [0, 0.1) is 11.8 Å². The molecule has 1 saturated carbocycles. The van der Waals surface area contributed by atoms with Crippen LogP contribution in [0.3, 0.4) is 0 Å². The number of H-pyrrole nitrogens is 1. The molecule has 0 aromatic carbocycles. The van der Waals surface area contributed by atoms with Crippen molar-refractivity contribution in [3.63, 3.8) is 0 Å². The van der Waals surface area contributed by atoms with Crippen LogP contribution in [0.5, 0.6) is 0 Å². The maximum Gasteiger partial charge on any atom is 0.277 e. The fraction of sp³-hybridized carbons (Fsp3) is 0.708. The Kier molecular flexibility index (Phi) is 5.40. The second-order valence-electron chi connectivity index (χ2n) is 9.86. The summed E-state index contributed by atoms with van der Waals surface area (Å²) in [6.07, 6.45) is 5.99. The molecule has 2 aliphatic heterocycles. The van der Waals surface area contributed by atoms with E-state index in [0.717, 1.165) is 80.8 Å². The van der Waals surface area contributed by atoms with Gasteiger partial charge in [-0.05, 0) is 38.0 Å². The highest BCUT2D eigenvalue weighted by Crippen LogP contribution is 2.40. The van der Waals surface area contributed by atoms with Gasteiger partial charge in [0.05, 0.1) is 11.3 Å². The summed E-state index contributed by atoms with van der Waals surface area (Å²) in [5.41, 5.74) is 3.69. The molecule has 1 saturated heterocycles. The fourth-order valence-electron chi connectivity index (χ4n) is 5.66. The Labute approximate surface area is 183 Å². The second-order valence-corrected chi connectivity index (χ2v) is 9.86. The molecule has 2 fully saturated rings. The minimum Gasteiger partial charge on any atom is -0.342 e. The van der Waals surface area contributed by atoms with E-state index in [4.69, 9.17) is 4.98 Å². The Morgan fingerprint density at radius 1 is 1.23 bits per heavy atom. The highest BCUT2D eigenvalue weighted by atomic mass is 16.2. The first kappa shape index (κ1) is 20.7. The molecule has 1 amide bonds. The number of hydrogen-bond donors (Lipinski definition) is 1. The van der Waals surface area contributed by atoms with Crippen molar-refractivity contribution in [2.24, 2.45) is 11.8 Å². The average Bonchev–Trinajstić information content (AvgIpc) is 3.36. The van der Waals surface area contributed by atoms with Crippen LogP contribution in [0.2, 0.25) is 0 Å². The third kappa shape index (κ3) is 3.71. The van der Waals surface area contributed by atoms with Crippen LogP contribution in [0.25, 0.3) is 5.65 Å². The van der Waals surface area contributed by atoms with Gasteiger partial charge in [-0.15, -0.1) is 0 Å². The molecule has 1 aliphatic carbocycles. The summed E-state index contributed by atoms with van der Waals surface area (Å²) in [5, 5.41) is 3.36. The number of amides is 1. The molecule has 2 atom stereocenters. The Morgan fingerprint density at radius 2 is 1.94 bits per heavy atom. The lowest BCUT2D eigenvalue weighted by atomic mass is 9.93. The summed E-state index contributed by atoms with van der Waals surface area (Å²) < 4.78 is 1.65. The molecular formula is C24H35N5O2. The van der Waals surface area contributed by atoms with E-state index in [1.54, 1.807) is 4.52 Å². The van der Waals surface area contributed by atoms with Crippen LogP contribution >= 0.6 is 0 Å². The zero-order chi connectivity index (χ0) is 21.7. The monoisotopic (exact) mass is 425 g/mol. The van der Waals surface area contributed by atoms with Gasteiger partial charge in [-0.2, -0.15) is 0 Å². The number of carbonyl (C=O) groups is 1. The van der Waals surface area contributed by atoms with Gasteiger partial charge in [0.25, 0.3) is 5.56 Å². The largest absolute Gasteiger partial charge is 0.342 e. The van der Waals surface area contributed by atoms with Crippen LogP contribution in [0.4, 0.5) is 0 Å². The first-order valence-electron chi connectivity index (χ1n) is 12.2. The van der Waals surface area contributed by atoms with Gasteiger partial charge < -0.3 is 4.90 Å². The lowest BCUT2D eigenvalue weighted by Crippen LogP contribution is -2.42. The van der Waals surface area contributed by atoms with Gasteiger partial charge in [0.2, 0.25) is 5.91 Å². The number of nitrogens with one attached hydrogen (secondary N) is 1. The van der Waals surface area contributed by atoms with E-state index in [9.17, 15) is 9.59 Å². The van der Waals surface area contributed by atoms with Crippen molar-refractivity contribution in [2.45, 2.75) is 77.8 Å². The van der Waals surface area contributed by atoms with Crippen molar-refractivity contribution in [1.29, 1.82) is 0 Å². The first-order valence-corrected chi connectivity index (χ1v) is 12.2. The number of likely N-dealkylation sites (tertiary alicyclic amines) is 1. The lowest BCUT2D eigenvalue weighted by molar-refractivity contribution is -0.133. The lowest BCUT2D eigenvalue weighted by Gasteiger charge is -2.33. The van der Waals surface area contributed by atoms with E-state index in [1.807, 2.05) is 4.90 Å². The first-order chi connectivity index (χ1) is 15.0. The minimum atomic E-state index is 0.0530. The summed E-state index contributed by atoms with van der Waals surface area (Å²) >= 11 is 0. The summed E-state index contributed by atoms with van der Waals surface area (Å²) in [5.74, 6) is 1.51. The SMILES string of the molecule is CCC(CC)N1CCc2nc3cc(C4CCN(C(=O)[C@H]5C[C@H]5C)CC4)[nH]n3c(=O)c2C1. The average molecular weight is 426 g/mol. The number of fused-ring (bicyclic) bond motifs is 2. The Bertz CT molecular complexity index is 1030. The maximum atomic E-state index is 13.3. The number of piperidine rings is 1. The molecule has 0 bridgehead atoms. The van der Waals surface area contributed by atoms with Gasteiger partial charge in [0.1, 0.15) is 0 Å². The van der Waals surface area contributed by atoms with Crippen molar-refractivity contribution >= 4 is 11.6 Å². The molecule has 4 heterocycles. The minimum absolute atomic E-state index is 0.0530. The molecule has 3 aliphatic rings. The smallest absolute Gasteiger partial charge is 0.277 e. The van der Waals surface area contributed by atoms with Gasteiger partial charge in [0.15, 0.2) is 5.65 Å². The number of carbonyl (C=O) groups excluding carboxylic acids is 1. The summed E-state index contributed by atoms with van der Waals surface area (Å²) in [6.45, 7) is 9.90. The molecule has 0 spiro atoms. The molecule has 2 aromatic heterocycles. The maximum absolute atomic E-state index is 13.3. The van der Waals surface area contributed by atoms with Crippen LogP contribution in [-0.2, 0) is 17.8 Å². The molecule has 31 heavy (non-hydrogen) atoms. The van der Waals surface area contributed by atoms with E-state index >= 15 is 0 Å². The van der Waals surface area contributed by atoms with E-state index in [0.29, 0.717) is 30.3 Å². The quantitative estimate of drug-likeness (QED) is 0.799. The van der Waals surface area contributed by atoms with Gasteiger partial charge in [-0.3, -0.25) is 19.6 Å². The molecule has 2 aromatic rings. The van der Waals surface area contributed by atoms with E-state index < -0.39 is 0 Å². The van der Waals surface area contributed by atoms with Crippen LogP contribution in [-0.4, -0.2) is 56.0 Å². The number of hydrogen-bond acceptors (Lipinski definition) is 4. The molecule has 5 rings (SSSR count). The number of nitrogens with zero attached hydrogens (tertiary/aromatic N) is 4. The van der Waals surface area contributed by atoms with Crippen molar-refractivity contribution in [2.75, 3.05) is 19.6 Å². The van der Waals surface area contributed by atoms with Crippen LogP contribution < -0.4 is 5.56 Å². The van der Waals surface area contributed by atoms with Gasteiger partial charge in [-0.1, -0.05) is 20.8 Å². The number of aromatic nitrogens is 3. The van der Waals surface area contributed by atoms with Gasteiger partial charge in [0, 0.05) is 62.2 Å². The predicted octanol–water partition coefficient (Wildman–Crippen LogP) is 2.93. The van der Waals surface area contributed by atoms with Crippen molar-refractivity contribution in [3.8, 4) is 0 Å². The molecular weight excluding hydrogens is 390 g/mol. The van der Waals surface area contributed by atoms with E-state index in [2.05, 4.69) is 36.8 Å². The zero-order valence-electron chi connectivity index (χ0n) is 19.1. The zero-order valence-corrected chi connectivity index (χ0v) is 19.1. The van der Waals surface area contributed by atoms with Crippen molar-refractivity contribution in [3.05, 3.63) is 33.4 Å². The van der Waals surface area contributed by atoms with Crippen LogP contribution in [0.1, 0.15) is 75.7 Å². The summed E-state index contributed by atoms with van der Waals surface area (Å²) in [6, 6.07) is 2.58. The predicted molar refractivity (Wildman–Crippen MR) is 120 cm³/mol. The van der Waals surface area contributed by atoms with Gasteiger partial charge in [-0.25, -0.2) is 9.50 Å². The molecule has 7 heteroatoms. The molecule has 1 N–H and O–H groups in total. The molecule has 0 unspecified atom stereocenters. The summed E-state index contributed by atoms with van der Waals surface area (Å²) in [4.78, 5) is 35.1. The fourth-order valence-corrected chi connectivity index (χ4v) is 5.66. The van der Waals surface area contributed by atoms with E-state index in [-0.39, 0.29) is 11.5 Å². The third-order valence-electron chi connectivity index (χ3n) is 7.94. The molecule has 168 valence electrons. The Hall–Kier alpha value is -2.15. The standard InChI is InChI=1S/C24H35N5O2/c1-4-17(5-2)28-11-8-20-19(14-28)24(31)29-22(25-20)13-21(26-29)16-6-9-27(10-7-16)23(30)18-12-15(18)3/h13,15-18,26H,4-12,14H2,1-3H3/t15-,18+/m1/s1. The number of aromatic amines is 1. The Morgan fingerprint density at radius 3 is 2.58 bits per heavy atom. The number of rotatable bonds is 5. The topological polar surface area (TPSA) is 73.7 Å². The third-order valence-corrected chi connectivity index (χ3v) is 7.94. The highest BCUT2D eigenvalue weighted by molar-refractivity contribution is 5.81. The molecule has 0 radical (unpaired) electrons.